The van der Waals surface area contributed by atoms with Gasteiger partial charge in [0, 0.05) is 13.0 Å². The summed E-state index contributed by atoms with van der Waals surface area (Å²) in [7, 11) is 0. The fraction of sp³-hybridized carbons (Fsp3) is 0.889. The molecule has 1 rings (SSSR count). The van der Waals surface area contributed by atoms with Gasteiger partial charge in [-0.2, -0.15) is 0 Å². The Balaban J connectivity index is 1.99. The van der Waals surface area contributed by atoms with Crippen LogP contribution in [0, 0.1) is 5.92 Å². The molecule has 0 N–H and O–H groups in total. The number of allylic oxidation sites excluding steroid dienone is 2. The van der Waals surface area contributed by atoms with Crippen molar-refractivity contribution in [3.8, 4) is 0 Å². The van der Waals surface area contributed by atoms with Gasteiger partial charge >= 0.3 is 0 Å². The number of amides is 1. The highest BCUT2D eigenvalue weighted by Gasteiger charge is 2.40. The summed E-state index contributed by atoms with van der Waals surface area (Å²) in [5, 5.41) is 0. The Morgan fingerprint density at radius 1 is 0.933 bits per heavy atom. The molecule has 1 saturated heterocycles. The lowest BCUT2D eigenvalue weighted by molar-refractivity contribution is -0.148. The van der Waals surface area contributed by atoms with Crippen molar-refractivity contribution in [2.45, 2.75) is 136 Å². The van der Waals surface area contributed by atoms with Crippen molar-refractivity contribution in [3.63, 3.8) is 0 Å². The fourth-order valence-electron chi connectivity index (χ4n) is 4.31. The van der Waals surface area contributed by atoms with Gasteiger partial charge in [0.05, 0.1) is 6.61 Å². The van der Waals surface area contributed by atoms with Crippen molar-refractivity contribution < 1.29 is 9.53 Å². The summed E-state index contributed by atoms with van der Waals surface area (Å²) < 4.78 is 5.95. The van der Waals surface area contributed by atoms with Gasteiger partial charge in [-0.3, -0.25) is 4.79 Å². The molecule has 0 spiro atoms. The van der Waals surface area contributed by atoms with Gasteiger partial charge in [-0.1, -0.05) is 84.3 Å². The van der Waals surface area contributed by atoms with Gasteiger partial charge in [0.1, 0.15) is 5.72 Å². The van der Waals surface area contributed by atoms with E-state index in [1.54, 1.807) is 0 Å². The lowest BCUT2D eigenvalue weighted by atomic mass is 10.00. The van der Waals surface area contributed by atoms with Gasteiger partial charge in [0.15, 0.2) is 0 Å². The van der Waals surface area contributed by atoms with Gasteiger partial charge in [-0.15, -0.1) is 0 Å². The summed E-state index contributed by atoms with van der Waals surface area (Å²) in [5.74, 6) is 0.935. The highest BCUT2D eigenvalue weighted by Crippen LogP contribution is 2.30. The van der Waals surface area contributed by atoms with Gasteiger partial charge in [0.25, 0.3) is 0 Å². The molecule has 1 amide bonds. The molecule has 0 saturated carbocycles. The Morgan fingerprint density at radius 3 is 2.10 bits per heavy atom. The molecule has 1 atom stereocenters. The number of hydrogen-bond donors (Lipinski definition) is 0. The molecule has 3 heteroatoms. The van der Waals surface area contributed by atoms with E-state index in [-0.39, 0.29) is 11.6 Å². The molecule has 0 aromatic rings. The molecule has 0 bridgehead atoms. The molecule has 1 fully saturated rings. The van der Waals surface area contributed by atoms with Crippen molar-refractivity contribution in [1.82, 2.24) is 4.90 Å². The van der Waals surface area contributed by atoms with E-state index in [2.05, 4.69) is 39.8 Å². The Bertz CT molecular complexity index is 460. The average molecular weight is 422 g/mol. The smallest absolute Gasteiger partial charge is 0.224 e. The molecule has 30 heavy (non-hydrogen) atoms. The van der Waals surface area contributed by atoms with Crippen LogP contribution in [0.2, 0.25) is 0 Å². The zero-order valence-electron chi connectivity index (χ0n) is 20.7. The second-order valence-electron chi connectivity index (χ2n) is 9.84. The Morgan fingerprint density at radius 2 is 1.50 bits per heavy atom. The molecule has 0 aromatic carbocycles. The summed E-state index contributed by atoms with van der Waals surface area (Å²) in [4.78, 5) is 14.7. The molecule has 1 aliphatic rings. The molecular weight excluding hydrogens is 370 g/mol. The number of nitrogens with zero attached hydrogens (tertiary/aromatic N) is 1. The van der Waals surface area contributed by atoms with Gasteiger partial charge in [-0.25, -0.2) is 0 Å². The van der Waals surface area contributed by atoms with E-state index in [4.69, 9.17) is 4.74 Å². The summed E-state index contributed by atoms with van der Waals surface area (Å²) >= 11 is 0. The van der Waals surface area contributed by atoms with Gasteiger partial charge in [-0.05, 0) is 57.8 Å². The van der Waals surface area contributed by atoms with Crippen LogP contribution in [0.25, 0.3) is 0 Å². The average Bonchev–Trinajstić information content (AvgIpc) is 3.11. The Hall–Kier alpha value is -0.830. The number of rotatable bonds is 18. The molecule has 1 unspecified atom stereocenters. The SMILES string of the molecule is CCCCCCCCC=CCCCCCCCC(=O)N1CCOC1(C)CCC(C)C. The maximum absolute atomic E-state index is 12.7. The predicted molar refractivity (Wildman–Crippen MR) is 130 cm³/mol. The number of hydrogen-bond acceptors (Lipinski definition) is 2. The summed E-state index contributed by atoms with van der Waals surface area (Å²) in [5.41, 5.74) is -0.372. The van der Waals surface area contributed by atoms with Crippen molar-refractivity contribution in [2.75, 3.05) is 13.2 Å². The fourth-order valence-corrected chi connectivity index (χ4v) is 4.31. The van der Waals surface area contributed by atoms with E-state index >= 15 is 0 Å². The standard InChI is InChI=1S/C27H51NO2/c1-5-6-7-8-9-10-11-12-13-14-15-16-17-18-19-20-26(29)28-23-24-30-27(28,4)22-21-25(2)3/h12-13,25H,5-11,14-24H2,1-4H3. The highest BCUT2D eigenvalue weighted by molar-refractivity contribution is 5.77. The molecule has 1 aliphatic heterocycles. The number of carbonyl (C=O) groups is 1. The molecule has 0 radical (unpaired) electrons. The van der Waals surface area contributed by atoms with Crippen LogP contribution in [-0.2, 0) is 9.53 Å². The van der Waals surface area contributed by atoms with Gasteiger partial charge in [0.2, 0.25) is 5.91 Å². The number of ether oxygens (including phenoxy) is 1. The minimum absolute atomic E-state index is 0.288. The van der Waals surface area contributed by atoms with Gasteiger partial charge < -0.3 is 9.64 Å². The van der Waals surface area contributed by atoms with E-state index in [0.717, 1.165) is 25.8 Å². The van der Waals surface area contributed by atoms with E-state index < -0.39 is 0 Å². The Labute approximate surface area is 188 Å². The first-order valence-electron chi connectivity index (χ1n) is 13.1. The van der Waals surface area contributed by atoms with Crippen molar-refractivity contribution >= 4 is 5.91 Å². The minimum atomic E-state index is -0.372. The van der Waals surface area contributed by atoms with E-state index in [1.807, 2.05) is 4.90 Å². The van der Waals surface area contributed by atoms with Crippen LogP contribution >= 0.6 is 0 Å². The zero-order valence-corrected chi connectivity index (χ0v) is 20.7. The monoisotopic (exact) mass is 421 g/mol. The van der Waals surface area contributed by atoms with Crippen molar-refractivity contribution in [2.24, 2.45) is 5.92 Å². The second kappa shape index (κ2) is 16.8. The van der Waals surface area contributed by atoms with Crippen molar-refractivity contribution in [1.29, 1.82) is 0 Å². The van der Waals surface area contributed by atoms with Crippen LogP contribution in [0.3, 0.4) is 0 Å². The molecule has 0 aliphatic carbocycles. The van der Waals surface area contributed by atoms with Crippen LogP contribution in [0.4, 0.5) is 0 Å². The molecule has 0 aromatic heterocycles. The molecule has 3 nitrogen and oxygen atoms in total. The summed E-state index contributed by atoms with van der Waals surface area (Å²) in [6, 6.07) is 0. The normalized spacial score (nSPS) is 19.4. The summed E-state index contributed by atoms with van der Waals surface area (Å²) in [6.07, 6.45) is 24.3. The quantitative estimate of drug-likeness (QED) is 0.165. The second-order valence-corrected chi connectivity index (χ2v) is 9.84. The largest absolute Gasteiger partial charge is 0.354 e. The van der Waals surface area contributed by atoms with Crippen LogP contribution in [0.15, 0.2) is 12.2 Å². The molecule has 1 heterocycles. The number of carbonyl (C=O) groups excluding carboxylic acids is 1. The molecule has 176 valence electrons. The lowest BCUT2D eigenvalue weighted by Gasteiger charge is -2.34. The first-order valence-corrected chi connectivity index (χ1v) is 13.1. The van der Waals surface area contributed by atoms with E-state index in [9.17, 15) is 4.79 Å². The van der Waals surface area contributed by atoms with E-state index in [1.165, 1.54) is 77.0 Å². The molecular formula is C27H51NO2. The maximum atomic E-state index is 12.7. The number of unbranched alkanes of at least 4 members (excludes halogenated alkanes) is 11. The van der Waals surface area contributed by atoms with E-state index in [0.29, 0.717) is 18.9 Å². The zero-order chi connectivity index (χ0) is 22.1. The van der Waals surface area contributed by atoms with Crippen molar-refractivity contribution in [3.05, 3.63) is 12.2 Å². The maximum Gasteiger partial charge on any atom is 0.224 e. The first-order chi connectivity index (χ1) is 14.5. The topological polar surface area (TPSA) is 29.5 Å². The predicted octanol–water partition coefficient (Wildman–Crippen LogP) is 8.04. The van der Waals surface area contributed by atoms with Crippen LogP contribution < -0.4 is 0 Å². The lowest BCUT2D eigenvalue weighted by Crippen LogP contribution is -2.46. The minimum Gasteiger partial charge on any atom is -0.354 e. The third-order valence-electron chi connectivity index (χ3n) is 6.44. The third kappa shape index (κ3) is 12.1. The van der Waals surface area contributed by atoms with Crippen LogP contribution in [0.1, 0.15) is 130 Å². The highest BCUT2D eigenvalue weighted by atomic mass is 16.5. The Kier molecular flexibility index (Phi) is 15.2. The van der Waals surface area contributed by atoms with Crippen LogP contribution in [-0.4, -0.2) is 29.7 Å². The first kappa shape index (κ1) is 27.2. The van der Waals surface area contributed by atoms with Crippen LogP contribution in [0.5, 0.6) is 0 Å². The third-order valence-corrected chi connectivity index (χ3v) is 6.44. The summed E-state index contributed by atoms with van der Waals surface area (Å²) in [6.45, 7) is 10.3.